The Morgan fingerprint density at radius 3 is 2.57 bits per heavy atom. The van der Waals surface area contributed by atoms with E-state index in [-0.39, 0.29) is 11.5 Å². The van der Waals surface area contributed by atoms with E-state index in [0.29, 0.717) is 27.3 Å². The van der Waals surface area contributed by atoms with Crippen LogP contribution in [0.25, 0.3) is 16.7 Å². The SMILES string of the molecule is Cc1c(C(=O)O)n(-c2ccc(Cl)cc2)c2ncnc(N)c12. The van der Waals surface area contributed by atoms with Crippen LogP contribution in [0.3, 0.4) is 0 Å². The van der Waals surface area contributed by atoms with Crippen molar-refractivity contribution in [3.63, 3.8) is 0 Å². The fraction of sp³-hybridized carbons (Fsp3) is 0.0714. The van der Waals surface area contributed by atoms with Gasteiger partial charge in [-0.15, -0.1) is 0 Å². The second-order valence-electron chi connectivity index (χ2n) is 4.55. The van der Waals surface area contributed by atoms with Gasteiger partial charge in [-0.1, -0.05) is 11.6 Å². The fourth-order valence-electron chi connectivity index (χ4n) is 2.41. The lowest BCUT2D eigenvalue weighted by Gasteiger charge is -2.08. The second-order valence-corrected chi connectivity index (χ2v) is 4.98. The number of nitrogen functional groups attached to an aromatic ring is 1. The molecule has 0 aliphatic carbocycles. The quantitative estimate of drug-likeness (QED) is 0.759. The number of aromatic carboxylic acids is 1. The molecule has 0 aliphatic rings. The molecule has 0 saturated carbocycles. The summed E-state index contributed by atoms with van der Waals surface area (Å²) in [5.41, 5.74) is 7.61. The molecule has 0 radical (unpaired) electrons. The summed E-state index contributed by atoms with van der Waals surface area (Å²) in [5, 5.41) is 10.6. The third kappa shape index (κ3) is 2.00. The van der Waals surface area contributed by atoms with E-state index in [1.807, 2.05) is 0 Å². The molecule has 2 aromatic heterocycles. The van der Waals surface area contributed by atoms with E-state index in [9.17, 15) is 9.90 Å². The van der Waals surface area contributed by atoms with Gasteiger partial charge >= 0.3 is 5.97 Å². The van der Waals surface area contributed by atoms with Crippen molar-refractivity contribution in [3.8, 4) is 5.69 Å². The first-order valence-electron chi connectivity index (χ1n) is 6.11. The molecule has 2 heterocycles. The van der Waals surface area contributed by atoms with E-state index in [0.717, 1.165) is 0 Å². The minimum atomic E-state index is -1.06. The lowest BCUT2D eigenvalue weighted by molar-refractivity contribution is 0.0688. The van der Waals surface area contributed by atoms with Gasteiger partial charge in [0.15, 0.2) is 5.65 Å². The van der Waals surface area contributed by atoms with Crippen molar-refractivity contribution in [1.82, 2.24) is 14.5 Å². The van der Waals surface area contributed by atoms with Crippen LogP contribution in [0.1, 0.15) is 16.1 Å². The predicted molar refractivity (Wildman–Crippen MR) is 80.0 cm³/mol. The molecule has 0 amide bonds. The largest absolute Gasteiger partial charge is 0.477 e. The number of anilines is 1. The summed E-state index contributed by atoms with van der Waals surface area (Å²) in [6, 6.07) is 6.83. The zero-order chi connectivity index (χ0) is 15.1. The minimum absolute atomic E-state index is 0.111. The van der Waals surface area contributed by atoms with Crippen molar-refractivity contribution < 1.29 is 9.90 Å². The molecule has 0 unspecified atom stereocenters. The highest BCUT2D eigenvalue weighted by atomic mass is 35.5. The summed E-state index contributed by atoms with van der Waals surface area (Å²) in [6.07, 6.45) is 1.31. The molecule has 0 bridgehead atoms. The van der Waals surface area contributed by atoms with Crippen LogP contribution in [0.2, 0.25) is 5.02 Å². The van der Waals surface area contributed by atoms with Crippen LogP contribution in [-0.2, 0) is 0 Å². The maximum absolute atomic E-state index is 11.6. The van der Waals surface area contributed by atoms with Crippen molar-refractivity contribution >= 4 is 34.4 Å². The average Bonchev–Trinajstić information content (AvgIpc) is 2.74. The van der Waals surface area contributed by atoms with Crippen LogP contribution in [0.4, 0.5) is 5.82 Å². The van der Waals surface area contributed by atoms with Crippen LogP contribution in [0.5, 0.6) is 0 Å². The van der Waals surface area contributed by atoms with Crippen LogP contribution in [-0.4, -0.2) is 25.6 Å². The maximum Gasteiger partial charge on any atom is 0.353 e. The lowest BCUT2D eigenvalue weighted by atomic mass is 10.2. The Labute approximate surface area is 124 Å². The molecular formula is C14H11ClN4O2. The Morgan fingerprint density at radius 1 is 1.29 bits per heavy atom. The van der Waals surface area contributed by atoms with E-state index in [1.54, 1.807) is 35.8 Å². The second kappa shape index (κ2) is 4.75. The number of fused-ring (bicyclic) bond motifs is 1. The number of carboxylic acid groups (broad SMARTS) is 1. The van der Waals surface area contributed by atoms with Crippen molar-refractivity contribution in [2.75, 3.05) is 5.73 Å². The minimum Gasteiger partial charge on any atom is -0.477 e. The number of carbonyl (C=O) groups is 1. The third-order valence-electron chi connectivity index (χ3n) is 3.31. The summed E-state index contributed by atoms with van der Waals surface area (Å²) >= 11 is 5.88. The van der Waals surface area contributed by atoms with Gasteiger partial charge in [0, 0.05) is 10.7 Å². The molecule has 3 aromatic rings. The van der Waals surface area contributed by atoms with Gasteiger partial charge in [0.1, 0.15) is 17.8 Å². The summed E-state index contributed by atoms with van der Waals surface area (Å²) < 4.78 is 1.54. The number of nitrogens with two attached hydrogens (primary N) is 1. The number of hydrogen-bond acceptors (Lipinski definition) is 4. The Hall–Kier alpha value is -2.60. The molecule has 21 heavy (non-hydrogen) atoms. The van der Waals surface area contributed by atoms with Gasteiger partial charge < -0.3 is 10.8 Å². The van der Waals surface area contributed by atoms with Crippen LogP contribution >= 0.6 is 11.6 Å². The summed E-state index contributed by atoms with van der Waals surface area (Å²) in [6.45, 7) is 1.69. The fourth-order valence-corrected chi connectivity index (χ4v) is 2.53. The normalized spacial score (nSPS) is 11.0. The van der Waals surface area contributed by atoms with Crippen LogP contribution in [0, 0.1) is 6.92 Å². The molecule has 6 nitrogen and oxygen atoms in total. The Kier molecular flexibility index (Phi) is 3.03. The predicted octanol–water partition coefficient (Wildman–Crippen LogP) is 2.66. The van der Waals surface area contributed by atoms with E-state index >= 15 is 0 Å². The zero-order valence-corrected chi connectivity index (χ0v) is 11.8. The number of rotatable bonds is 2. The number of aryl methyl sites for hydroxylation is 1. The molecule has 0 fully saturated rings. The number of halogens is 1. The van der Waals surface area contributed by atoms with Crippen LogP contribution in [0.15, 0.2) is 30.6 Å². The number of nitrogens with zero attached hydrogens (tertiary/aromatic N) is 3. The number of carboxylic acids is 1. The number of benzene rings is 1. The van der Waals surface area contributed by atoms with Gasteiger partial charge in [-0.25, -0.2) is 14.8 Å². The molecule has 0 spiro atoms. The highest BCUT2D eigenvalue weighted by molar-refractivity contribution is 6.30. The van der Waals surface area contributed by atoms with E-state index in [1.165, 1.54) is 6.33 Å². The molecule has 3 rings (SSSR count). The first kappa shape index (κ1) is 13.4. The molecule has 0 saturated heterocycles. The molecule has 0 aliphatic heterocycles. The van der Waals surface area contributed by atoms with Crippen molar-refractivity contribution in [1.29, 1.82) is 0 Å². The maximum atomic E-state index is 11.6. The highest BCUT2D eigenvalue weighted by Crippen LogP contribution is 2.30. The number of aromatic nitrogens is 3. The molecule has 1 aromatic carbocycles. The molecule has 3 N–H and O–H groups in total. The van der Waals surface area contributed by atoms with Gasteiger partial charge in [0.2, 0.25) is 0 Å². The molecular weight excluding hydrogens is 292 g/mol. The molecule has 106 valence electrons. The average molecular weight is 303 g/mol. The smallest absolute Gasteiger partial charge is 0.353 e. The first-order valence-corrected chi connectivity index (χ1v) is 6.49. The highest BCUT2D eigenvalue weighted by Gasteiger charge is 2.23. The van der Waals surface area contributed by atoms with E-state index in [4.69, 9.17) is 17.3 Å². The van der Waals surface area contributed by atoms with Gasteiger partial charge in [-0.05, 0) is 36.8 Å². The Bertz CT molecular complexity index is 856. The lowest BCUT2D eigenvalue weighted by Crippen LogP contribution is -2.08. The topological polar surface area (TPSA) is 94.0 Å². The summed E-state index contributed by atoms with van der Waals surface area (Å²) in [4.78, 5) is 19.7. The zero-order valence-electron chi connectivity index (χ0n) is 11.0. The summed E-state index contributed by atoms with van der Waals surface area (Å²) in [7, 11) is 0. The Balaban J connectivity index is 2.45. The molecule has 7 heteroatoms. The third-order valence-corrected chi connectivity index (χ3v) is 3.56. The van der Waals surface area contributed by atoms with Crippen molar-refractivity contribution in [2.24, 2.45) is 0 Å². The van der Waals surface area contributed by atoms with Crippen molar-refractivity contribution in [3.05, 3.63) is 46.9 Å². The monoisotopic (exact) mass is 302 g/mol. The molecule has 0 atom stereocenters. The van der Waals surface area contributed by atoms with Gasteiger partial charge in [0.25, 0.3) is 0 Å². The summed E-state index contributed by atoms with van der Waals surface area (Å²) in [5.74, 6) is -0.799. The number of hydrogen-bond donors (Lipinski definition) is 2. The van der Waals surface area contributed by atoms with E-state index in [2.05, 4.69) is 9.97 Å². The first-order chi connectivity index (χ1) is 10.0. The van der Waals surface area contributed by atoms with Crippen molar-refractivity contribution in [2.45, 2.75) is 6.92 Å². The van der Waals surface area contributed by atoms with Gasteiger partial charge in [-0.2, -0.15) is 0 Å². The standard InChI is InChI=1S/C14H11ClN4O2/c1-7-10-12(16)17-6-18-13(10)19(11(7)14(20)21)9-4-2-8(15)3-5-9/h2-6H,1H3,(H,20,21)(H2,16,17,18). The van der Waals surface area contributed by atoms with E-state index < -0.39 is 5.97 Å². The van der Waals surface area contributed by atoms with Gasteiger partial charge in [0.05, 0.1) is 5.39 Å². The Morgan fingerprint density at radius 2 is 1.95 bits per heavy atom. The van der Waals surface area contributed by atoms with Gasteiger partial charge in [-0.3, -0.25) is 4.57 Å². The van der Waals surface area contributed by atoms with Crippen LogP contribution < -0.4 is 5.73 Å².